The molecule has 0 aliphatic heterocycles. The molecule has 1 aromatic carbocycles. The van der Waals surface area contributed by atoms with Crippen LogP contribution in [0.5, 0.6) is 5.75 Å². The summed E-state index contributed by atoms with van der Waals surface area (Å²) >= 11 is 1.54. The first-order valence-corrected chi connectivity index (χ1v) is 8.60. The zero-order valence-corrected chi connectivity index (χ0v) is 14.0. The van der Waals surface area contributed by atoms with Crippen molar-refractivity contribution in [2.24, 2.45) is 5.10 Å². The third-order valence-corrected chi connectivity index (χ3v) is 4.02. The van der Waals surface area contributed by atoms with Crippen LogP contribution < -0.4 is 10.2 Å². The molecule has 0 atom stereocenters. The summed E-state index contributed by atoms with van der Waals surface area (Å²) in [6.45, 7) is 4.93. The topological polar surface area (TPSA) is 46.5 Å². The van der Waals surface area contributed by atoms with Gasteiger partial charge < -0.3 is 4.74 Å². The molecule has 0 aliphatic rings. The summed E-state index contributed by atoms with van der Waals surface area (Å²) in [6, 6.07) is 7.95. The predicted molar refractivity (Wildman–Crippen MR) is 94.1 cm³/mol. The van der Waals surface area contributed by atoms with Gasteiger partial charge in [0, 0.05) is 10.9 Å². The molecule has 2 aromatic rings. The summed E-state index contributed by atoms with van der Waals surface area (Å²) in [5.74, 6) is 0.875. The van der Waals surface area contributed by atoms with Gasteiger partial charge in [0.2, 0.25) is 5.13 Å². The SMILES string of the molecule is CCCCCCOc1ccccc1/C=N/Nc1nc(C)cs1. The molecule has 22 heavy (non-hydrogen) atoms. The van der Waals surface area contributed by atoms with Crippen molar-refractivity contribution in [1.82, 2.24) is 4.98 Å². The van der Waals surface area contributed by atoms with Gasteiger partial charge in [-0.3, -0.25) is 5.43 Å². The molecule has 2 rings (SSSR count). The third kappa shape index (κ3) is 5.48. The van der Waals surface area contributed by atoms with E-state index in [2.05, 4.69) is 22.4 Å². The van der Waals surface area contributed by atoms with Crippen LogP contribution in [-0.2, 0) is 0 Å². The quantitative estimate of drug-likeness (QED) is 0.408. The van der Waals surface area contributed by atoms with Crippen molar-refractivity contribution < 1.29 is 4.74 Å². The van der Waals surface area contributed by atoms with Crippen LogP contribution in [0.2, 0.25) is 0 Å². The van der Waals surface area contributed by atoms with Gasteiger partial charge in [-0.25, -0.2) is 4.98 Å². The molecule has 0 amide bonds. The molecular formula is C17H23N3OS. The molecule has 0 unspecified atom stereocenters. The molecule has 1 N–H and O–H groups in total. The Morgan fingerprint density at radius 3 is 2.91 bits per heavy atom. The van der Waals surface area contributed by atoms with Crippen molar-refractivity contribution in [2.45, 2.75) is 39.5 Å². The number of hydrogen-bond acceptors (Lipinski definition) is 5. The fraction of sp³-hybridized carbons (Fsp3) is 0.412. The number of thiazole rings is 1. The molecule has 0 saturated carbocycles. The molecule has 5 heteroatoms. The summed E-state index contributed by atoms with van der Waals surface area (Å²) in [7, 11) is 0. The summed E-state index contributed by atoms with van der Waals surface area (Å²) in [5, 5.41) is 7.03. The van der Waals surface area contributed by atoms with Gasteiger partial charge in [-0.15, -0.1) is 11.3 Å². The number of unbranched alkanes of at least 4 members (excludes halogenated alkanes) is 3. The summed E-state index contributed by atoms with van der Waals surface area (Å²) in [5.41, 5.74) is 4.92. The van der Waals surface area contributed by atoms with E-state index in [0.717, 1.165) is 35.2 Å². The maximum Gasteiger partial charge on any atom is 0.203 e. The normalized spacial score (nSPS) is 11.0. The first-order valence-electron chi connectivity index (χ1n) is 7.72. The van der Waals surface area contributed by atoms with Crippen molar-refractivity contribution in [3.05, 3.63) is 40.9 Å². The van der Waals surface area contributed by atoms with Gasteiger partial charge in [0.25, 0.3) is 0 Å². The van der Waals surface area contributed by atoms with E-state index >= 15 is 0 Å². The molecule has 1 heterocycles. The Kier molecular flexibility index (Phi) is 6.90. The number of nitrogens with zero attached hydrogens (tertiary/aromatic N) is 2. The van der Waals surface area contributed by atoms with Crippen LogP contribution in [0.15, 0.2) is 34.7 Å². The van der Waals surface area contributed by atoms with E-state index in [-0.39, 0.29) is 0 Å². The zero-order chi connectivity index (χ0) is 15.6. The first-order chi connectivity index (χ1) is 10.8. The molecule has 118 valence electrons. The number of hydrogen-bond donors (Lipinski definition) is 1. The van der Waals surface area contributed by atoms with Crippen LogP contribution in [0.25, 0.3) is 0 Å². The largest absolute Gasteiger partial charge is 0.493 e. The van der Waals surface area contributed by atoms with Gasteiger partial charge in [0.05, 0.1) is 18.5 Å². The van der Waals surface area contributed by atoms with Gasteiger partial charge in [0.1, 0.15) is 5.75 Å². The highest BCUT2D eigenvalue weighted by Crippen LogP contribution is 2.17. The number of hydrazone groups is 1. The van der Waals surface area contributed by atoms with Gasteiger partial charge in [-0.05, 0) is 25.5 Å². The number of aromatic nitrogens is 1. The van der Waals surface area contributed by atoms with Crippen molar-refractivity contribution in [3.63, 3.8) is 0 Å². The van der Waals surface area contributed by atoms with Crippen molar-refractivity contribution in [3.8, 4) is 5.75 Å². The molecule has 4 nitrogen and oxygen atoms in total. The molecule has 0 saturated heterocycles. The highest BCUT2D eigenvalue weighted by molar-refractivity contribution is 7.13. The number of anilines is 1. The van der Waals surface area contributed by atoms with Crippen LogP contribution in [0, 0.1) is 6.92 Å². The predicted octanol–water partition coefficient (Wildman–Crippen LogP) is 4.86. The molecule has 1 aromatic heterocycles. The summed E-state index contributed by atoms with van der Waals surface area (Å²) < 4.78 is 5.86. The Bertz CT molecular complexity index is 595. The van der Waals surface area contributed by atoms with E-state index in [1.54, 1.807) is 17.6 Å². The molecule has 0 radical (unpaired) electrons. The van der Waals surface area contributed by atoms with E-state index in [9.17, 15) is 0 Å². The van der Waals surface area contributed by atoms with E-state index < -0.39 is 0 Å². The molecule has 0 aliphatic carbocycles. The first kappa shape index (κ1) is 16.5. The maximum absolute atomic E-state index is 5.86. The molecule has 0 fully saturated rings. The highest BCUT2D eigenvalue weighted by atomic mass is 32.1. The van der Waals surface area contributed by atoms with Crippen LogP contribution in [0.1, 0.15) is 43.9 Å². The molecule has 0 spiro atoms. The van der Waals surface area contributed by atoms with Gasteiger partial charge >= 0.3 is 0 Å². The zero-order valence-electron chi connectivity index (χ0n) is 13.2. The number of ether oxygens (including phenoxy) is 1. The van der Waals surface area contributed by atoms with E-state index in [1.807, 2.05) is 36.6 Å². The summed E-state index contributed by atoms with van der Waals surface area (Å²) in [6.07, 6.45) is 6.60. The number of rotatable bonds is 9. The minimum atomic E-state index is 0.754. The fourth-order valence-corrected chi connectivity index (χ4v) is 2.63. The second kappa shape index (κ2) is 9.20. The lowest BCUT2D eigenvalue weighted by molar-refractivity contribution is 0.304. The van der Waals surface area contributed by atoms with Gasteiger partial charge in [-0.1, -0.05) is 38.3 Å². The minimum Gasteiger partial charge on any atom is -0.493 e. The average Bonchev–Trinajstić information content (AvgIpc) is 2.94. The maximum atomic E-state index is 5.86. The van der Waals surface area contributed by atoms with Crippen molar-refractivity contribution >= 4 is 22.7 Å². The third-order valence-electron chi connectivity index (χ3n) is 3.16. The average molecular weight is 317 g/mol. The molecular weight excluding hydrogens is 294 g/mol. The number of aryl methyl sites for hydroxylation is 1. The number of para-hydroxylation sites is 1. The smallest absolute Gasteiger partial charge is 0.203 e. The summed E-state index contributed by atoms with van der Waals surface area (Å²) in [4.78, 5) is 4.30. The Morgan fingerprint density at radius 1 is 1.27 bits per heavy atom. The lowest BCUT2D eigenvalue weighted by Gasteiger charge is -2.08. The molecule has 0 bridgehead atoms. The van der Waals surface area contributed by atoms with Gasteiger partial charge in [0.15, 0.2) is 0 Å². The fourth-order valence-electron chi connectivity index (χ4n) is 1.99. The van der Waals surface area contributed by atoms with Crippen molar-refractivity contribution in [2.75, 3.05) is 12.0 Å². The Hall–Kier alpha value is -1.88. The standard InChI is InChI=1S/C17H23N3OS/c1-3-4-5-8-11-21-16-10-7-6-9-15(16)12-18-20-17-19-14(2)13-22-17/h6-7,9-10,12-13H,3-5,8,11H2,1-2H3,(H,19,20)/b18-12+. The van der Waals surface area contributed by atoms with Crippen molar-refractivity contribution in [1.29, 1.82) is 0 Å². The van der Waals surface area contributed by atoms with Crippen LogP contribution in [-0.4, -0.2) is 17.8 Å². The Morgan fingerprint density at radius 2 is 2.14 bits per heavy atom. The van der Waals surface area contributed by atoms with E-state index in [0.29, 0.717) is 0 Å². The number of benzene rings is 1. The van der Waals surface area contributed by atoms with Crippen LogP contribution >= 0.6 is 11.3 Å². The van der Waals surface area contributed by atoms with E-state index in [1.165, 1.54) is 19.3 Å². The number of nitrogens with one attached hydrogen (secondary N) is 1. The second-order valence-electron chi connectivity index (χ2n) is 5.11. The highest BCUT2D eigenvalue weighted by Gasteiger charge is 2.01. The van der Waals surface area contributed by atoms with Crippen LogP contribution in [0.4, 0.5) is 5.13 Å². The van der Waals surface area contributed by atoms with Crippen LogP contribution in [0.3, 0.4) is 0 Å². The lowest BCUT2D eigenvalue weighted by Crippen LogP contribution is -2.00. The minimum absolute atomic E-state index is 0.754. The second-order valence-corrected chi connectivity index (χ2v) is 5.97. The Balaban J connectivity index is 1.87. The lowest BCUT2D eigenvalue weighted by atomic mass is 10.2. The monoisotopic (exact) mass is 317 g/mol. The Labute approximate surface area is 136 Å². The van der Waals surface area contributed by atoms with Gasteiger partial charge in [-0.2, -0.15) is 5.10 Å². The van der Waals surface area contributed by atoms with E-state index in [4.69, 9.17) is 4.74 Å².